The second-order valence-corrected chi connectivity index (χ2v) is 7.10. The van der Waals surface area contributed by atoms with Crippen LogP contribution in [0.2, 0.25) is 0 Å². The van der Waals surface area contributed by atoms with Crippen molar-refractivity contribution in [1.29, 1.82) is 0 Å². The average molecular weight is 444 g/mol. The molecule has 2 N–H and O–H groups in total. The van der Waals surface area contributed by atoms with E-state index in [2.05, 4.69) is 31.7 Å². The zero-order valence-electron chi connectivity index (χ0n) is 18.7. The lowest BCUT2D eigenvalue weighted by Crippen LogP contribution is -2.01. The van der Waals surface area contributed by atoms with Gasteiger partial charge in [-0.05, 0) is 29.8 Å². The summed E-state index contributed by atoms with van der Waals surface area (Å²) in [4.78, 5) is 13.2. The summed E-state index contributed by atoms with van der Waals surface area (Å²) in [6.45, 7) is 0.689. The summed E-state index contributed by atoms with van der Waals surface area (Å²) in [5, 5.41) is 6.64. The highest BCUT2D eigenvalue weighted by molar-refractivity contribution is 5.68. The van der Waals surface area contributed by atoms with Crippen molar-refractivity contribution in [3.63, 3.8) is 0 Å². The Balaban J connectivity index is 1.54. The Morgan fingerprint density at radius 2 is 1.64 bits per heavy atom. The third kappa shape index (κ3) is 5.30. The Hall–Kier alpha value is -4.33. The van der Waals surface area contributed by atoms with Crippen molar-refractivity contribution in [3.8, 4) is 28.5 Å². The SMILES string of the molecule is COc1cc(Nc2nccc(-c3cccc(NCc4cccnc4)c3)n2)cc(OC)c1OC. The quantitative estimate of drug-likeness (QED) is 0.377. The minimum absolute atomic E-state index is 0.454. The Labute approximate surface area is 192 Å². The molecule has 4 rings (SSSR count). The number of hydrogen-bond acceptors (Lipinski definition) is 8. The van der Waals surface area contributed by atoms with Gasteiger partial charge in [0, 0.05) is 54.2 Å². The summed E-state index contributed by atoms with van der Waals surface area (Å²) in [6.07, 6.45) is 5.34. The van der Waals surface area contributed by atoms with Crippen molar-refractivity contribution >= 4 is 17.3 Å². The number of anilines is 3. The van der Waals surface area contributed by atoms with Crippen molar-refractivity contribution in [1.82, 2.24) is 15.0 Å². The van der Waals surface area contributed by atoms with E-state index in [4.69, 9.17) is 14.2 Å². The fraction of sp³-hybridized carbons (Fsp3) is 0.160. The molecule has 0 bridgehead atoms. The summed E-state index contributed by atoms with van der Waals surface area (Å²) in [7, 11) is 4.72. The van der Waals surface area contributed by atoms with Crippen LogP contribution in [0.3, 0.4) is 0 Å². The van der Waals surface area contributed by atoms with Gasteiger partial charge in [-0.15, -0.1) is 0 Å². The smallest absolute Gasteiger partial charge is 0.227 e. The highest BCUT2D eigenvalue weighted by atomic mass is 16.5. The number of benzene rings is 2. The molecule has 0 saturated carbocycles. The van der Waals surface area contributed by atoms with Crippen LogP contribution in [0, 0.1) is 0 Å². The third-order valence-electron chi connectivity index (χ3n) is 4.95. The Morgan fingerprint density at radius 1 is 0.818 bits per heavy atom. The number of hydrogen-bond donors (Lipinski definition) is 2. The fourth-order valence-corrected chi connectivity index (χ4v) is 3.36. The van der Waals surface area contributed by atoms with Gasteiger partial charge in [-0.1, -0.05) is 18.2 Å². The van der Waals surface area contributed by atoms with E-state index in [1.165, 1.54) is 0 Å². The van der Waals surface area contributed by atoms with E-state index in [0.29, 0.717) is 35.4 Å². The van der Waals surface area contributed by atoms with E-state index in [0.717, 1.165) is 22.5 Å². The van der Waals surface area contributed by atoms with E-state index < -0.39 is 0 Å². The molecule has 0 aliphatic rings. The van der Waals surface area contributed by atoms with E-state index in [-0.39, 0.29) is 0 Å². The highest BCUT2D eigenvalue weighted by Gasteiger charge is 2.14. The first-order valence-electron chi connectivity index (χ1n) is 10.3. The molecular formula is C25H25N5O3. The molecular weight excluding hydrogens is 418 g/mol. The highest BCUT2D eigenvalue weighted by Crippen LogP contribution is 2.40. The molecule has 2 heterocycles. The zero-order valence-corrected chi connectivity index (χ0v) is 18.7. The van der Waals surface area contributed by atoms with Crippen LogP contribution in [0.4, 0.5) is 17.3 Å². The first kappa shape index (κ1) is 21.9. The van der Waals surface area contributed by atoms with Gasteiger partial charge in [-0.2, -0.15) is 0 Å². The van der Waals surface area contributed by atoms with E-state index >= 15 is 0 Å². The normalized spacial score (nSPS) is 10.4. The molecule has 0 fully saturated rings. The van der Waals surface area contributed by atoms with Crippen molar-refractivity contribution in [2.75, 3.05) is 32.0 Å². The van der Waals surface area contributed by atoms with Crippen molar-refractivity contribution < 1.29 is 14.2 Å². The number of pyridine rings is 1. The lowest BCUT2D eigenvalue weighted by Gasteiger charge is -2.15. The number of rotatable bonds is 9. The molecule has 0 radical (unpaired) electrons. The minimum atomic E-state index is 0.454. The largest absolute Gasteiger partial charge is 0.493 e. The molecule has 8 nitrogen and oxygen atoms in total. The van der Waals surface area contributed by atoms with Crippen molar-refractivity contribution in [3.05, 3.63) is 78.8 Å². The van der Waals surface area contributed by atoms with Crippen LogP contribution in [-0.2, 0) is 6.54 Å². The van der Waals surface area contributed by atoms with Gasteiger partial charge in [-0.25, -0.2) is 9.97 Å². The molecule has 0 aliphatic heterocycles. The molecule has 0 spiro atoms. The second-order valence-electron chi connectivity index (χ2n) is 7.10. The molecule has 8 heteroatoms. The first-order chi connectivity index (χ1) is 16.2. The Morgan fingerprint density at radius 3 is 2.33 bits per heavy atom. The predicted molar refractivity (Wildman–Crippen MR) is 128 cm³/mol. The van der Waals surface area contributed by atoms with Crippen molar-refractivity contribution in [2.45, 2.75) is 6.54 Å². The van der Waals surface area contributed by atoms with Crippen LogP contribution < -0.4 is 24.8 Å². The number of methoxy groups -OCH3 is 3. The van der Waals surface area contributed by atoms with Crippen LogP contribution in [-0.4, -0.2) is 36.3 Å². The van der Waals surface area contributed by atoms with Crippen LogP contribution in [0.25, 0.3) is 11.3 Å². The van der Waals surface area contributed by atoms with Crippen LogP contribution >= 0.6 is 0 Å². The molecule has 0 aliphatic carbocycles. The maximum Gasteiger partial charge on any atom is 0.227 e. The van der Waals surface area contributed by atoms with Gasteiger partial charge in [0.1, 0.15) is 0 Å². The zero-order chi connectivity index (χ0) is 23.0. The van der Waals surface area contributed by atoms with Gasteiger partial charge in [0.2, 0.25) is 11.7 Å². The summed E-state index contributed by atoms with van der Waals surface area (Å²) in [5.74, 6) is 2.07. The molecule has 0 atom stereocenters. The number of aromatic nitrogens is 3. The lowest BCUT2D eigenvalue weighted by molar-refractivity contribution is 0.324. The molecule has 33 heavy (non-hydrogen) atoms. The van der Waals surface area contributed by atoms with Crippen LogP contribution in [0.15, 0.2) is 73.2 Å². The Kier molecular flexibility index (Phi) is 6.84. The standard InChI is InChI=1S/C25H25N5O3/c1-31-22-13-20(14-23(32-2)24(22)33-3)29-25-27-11-9-21(30-25)18-7-4-8-19(12-18)28-16-17-6-5-10-26-15-17/h4-15,28H,16H2,1-3H3,(H,27,29,30). The lowest BCUT2D eigenvalue weighted by atomic mass is 10.1. The van der Waals surface area contributed by atoms with Crippen LogP contribution in [0.1, 0.15) is 5.56 Å². The molecule has 2 aromatic carbocycles. The third-order valence-corrected chi connectivity index (χ3v) is 4.95. The second kappa shape index (κ2) is 10.3. The summed E-state index contributed by atoms with van der Waals surface area (Å²) < 4.78 is 16.2. The first-order valence-corrected chi connectivity index (χ1v) is 10.3. The van der Waals surface area contributed by atoms with E-state index in [9.17, 15) is 0 Å². The summed E-state index contributed by atoms with van der Waals surface area (Å²) in [5.41, 5.74) is 4.59. The number of ether oxygens (including phenoxy) is 3. The topological polar surface area (TPSA) is 90.4 Å². The van der Waals surface area contributed by atoms with Gasteiger partial charge >= 0.3 is 0 Å². The van der Waals surface area contributed by atoms with Gasteiger partial charge in [0.25, 0.3) is 0 Å². The van der Waals surface area contributed by atoms with E-state index in [1.807, 2.05) is 42.6 Å². The van der Waals surface area contributed by atoms with Crippen molar-refractivity contribution in [2.24, 2.45) is 0 Å². The maximum atomic E-state index is 5.42. The average Bonchev–Trinajstić information content (AvgIpc) is 2.87. The molecule has 2 aromatic heterocycles. The predicted octanol–water partition coefficient (Wildman–Crippen LogP) is 4.92. The van der Waals surface area contributed by atoms with Gasteiger partial charge in [-0.3, -0.25) is 4.98 Å². The molecule has 0 amide bonds. The monoisotopic (exact) mass is 443 g/mol. The van der Waals surface area contributed by atoms with E-state index in [1.54, 1.807) is 45.9 Å². The molecule has 4 aromatic rings. The number of nitrogens with zero attached hydrogens (tertiary/aromatic N) is 3. The molecule has 168 valence electrons. The number of nitrogens with one attached hydrogen (secondary N) is 2. The van der Waals surface area contributed by atoms with Gasteiger partial charge in [0.15, 0.2) is 11.5 Å². The summed E-state index contributed by atoms with van der Waals surface area (Å²) in [6, 6.07) is 17.5. The van der Waals surface area contributed by atoms with Gasteiger partial charge in [0.05, 0.1) is 27.0 Å². The Bertz CT molecular complexity index is 1190. The maximum absolute atomic E-state index is 5.42. The van der Waals surface area contributed by atoms with Gasteiger partial charge < -0.3 is 24.8 Å². The van der Waals surface area contributed by atoms with Crippen LogP contribution in [0.5, 0.6) is 17.2 Å². The molecule has 0 saturated heterocycles. The minimum Gasteiger partial charge on any atom is -0.493 e. The summed E-state index contributed by atoms with van der Waals surface area (Å²) >= 11 is 0. The fourth-order valence-electron chi connectivity index (χ4n) is 3.36. The molecule has 0 unspecified atom stereocenters.